The Labute approximate surface area is 150 Å². The molecule has 0 spiro atoms. The summed E-state index contributed by atoms with van der Waals surface area (Å²) in [6, 6.07) is 8.98. The number of hydrogen-bond acceptors (Lipinski definition) is 5. The summed E-state index contributed by atoms with van der Waals surface area (Å²) in [4.78, 5) is 37.8. The van der Waals surface area contributed by atoms with Gasteiger partial charge in [-0.05, 0) is 6.42 Å². The van der Waals surface area contributed by atoms with E-state index in [0.29, 0.717) is 31.7 Å². The molecule has 3 rings (SSSR count). The van der Waals surface area contributed by atoms with Crippen molar-refractivity contribution in [2.75, 3.05) is 37.8 Å². The highest BCUT2D eigenvalue weighted by atomic mass is 32.2. The zero-order valence-electron chi connectivity index (χ0n) is 13.8. The summed E-state index contributed by atoms with van der Waals surface area (Å²) in [6.45, 7) is 1.46. The minimum atomic E-state index is -0.877. The number of thioether (sulfide) groups is 1. The number of carbonyl (C=O) groups excluding carboxylic acids is 2. The predicted molar refractivity (Wildman–Crippen MR) is 93.7 cm³/mol. The zero-order valence-corrected chi connectivity index (χ0v) is 14.7. The van der Waals surface area contributed by atoms with Crippen molar-refractivity contribution in [3.05, 3.63) is 35.9 Å². The molecule has 0 radical (unpaired) electrons. The molecular formula is C18H21NO5S. The van der Waals surface area contributed by atoms with Crippen LogP contribution in [0.3, 0.4) is 0 Å². The van der Waals surface area contributed by atoms with E-state index >= 15 is 0 Å². The maximum Gasteiger partial charge on any atom is 0.311 e. The lowest BCUT2D eigenvalue weighted by atomic mass is 9.74. The SMILES string of the molecule is O=C(CSCC(=O)N1C[C@H]2COCC[C@@]2(C(=O)O)C1)c1ccccc1. The number of ether oxygens (including phenoxy) is 1. The van der Waals surface area contributed by atoms with Gasteiger partial charge in [0, 0.05) is 31.2 Å². The Morgan fingerprint density at radius 3 is 2.68 bits per heavy atom. The van der Waals surface area contributed by atoms with Gasteiger partial charge in [0.15, 0.2) is 5.78 Å². The maximum absolute atomic E-state index is 12.4. The van der Waals surface area contributed by atoms with Gasteiger partial charge in [0.2, 0.25) is 5.91 Å². The van der Waals surface area contributed by atoms with Gasteiger partial charge in [0.05, 0.1) is 23.5 Å². The first kappa shape index (κ1) is 17.9. The van der Waals surface area contributed by atoms with Crippen LogP contribution in [-0.2, 0) is 14.3 Å². The van der Waals surface area contributed by atoms with Gasteiger partial charge >= 0.3 is 5.97 Å². The Bertz CT molecular complexity index is 665. The molecule has 2 saturated heterocycles. The third-order valence-electron chi connectivity index (χ3n) is 5.04. The Kier molecular flexibility index (Phi) is 5.44. The van der Waals surface area contributed by atoms with Crippen LogP contribution >= 0.6 is 11.8 Å². The minimum Gasteiger partial charge on any atom is -0.481 e. The number of nitrogens with zero attached hydrogens (tertiary/aromatic N) is 1. The fourth-order valence-electron chi connectivity index (χ4n) is 3.52. The molecule has 0 bridgehead atoms. The fourth-order valence-corrected chi connectivity index (χ4v) is 4.33. The number of carboxylic acid groups (broad SMARTS) is 1. The highest BCUT2D eigenvalue weighted by Gasteiger charge is 2.54. The first-order valence-electron chi connectivity index (χ1n) is 8.28. The van der Waals surface area contributed by atoms with Gasteiger partial charge in [-0.1, -0.05) is 30.3 Å². The Morgan fingerprint density at radius 1 is 1.24 bits per heavy atom. The van der Waals surface area contributed by atoms with Crippen molar-refractivity contribution >= 4 is 29.4 Å². The highest BCUT2D eigenvalue weighted by Crippen LogP contribution is 2.42. The molecule has 2 aliphatic rings. The standard InChI is InChI=1S/C18H21NO5S/c20-15(13-4-2-1-3-5-13)10-25-11-16(21)19-8-14-9-24-7-6-18(14,12-19)17(22)23/h1-5,14H,6-12H2,(H,22,23)/t14-,18+/m0/s1. The summed E-state index contributed by atoms with van der Waals surface area (Å²) >= 11 is 1.27. The Morgan fingerprint density at radius 2 is 2.00 bits per heavy atom. The van der Waals surface area contributed by atoms with Crippen molar-refractivity contribution in [2.45, 2.75) is 6.42 Å². The number of benzene rings is 1. The molecule has 1 amide bonds. The molecule has 2 heterocycles. The van der Waals surface area contributed by atoms with E-state index in [1.54, 1.807) is 17.0 Å². The van der Waals surface area contributed by atoms with E-state index in [9.17, 15) is 19.5 Å². The molecule has 6 nitrogen and oxygen atoms in total. The number of rotatable bonds is 6. The van der Waals surface area contributed by atoms with E-state index in [2.05, 4.69) is 0 Å². The molecule has 1 aromatic carbocycles. The van der Waals surface area contributed by atoms with Crippen LogP contribution in [0.5, 0.6) is 0 Å². The van der Waals surface area contributed by atoms with Crippen LogP contribution in [0.2, 0.25) is 0 Å². The van der Waals surface area contributed by atoms with Crippen LogP contribution in [-0.4, -0.2) is 65.5 Å². The zero-order chi connectivity index (χ0) is 17.9. The van der Waals surface area contributed by atoms with Crippen LogP contribution in [0, 0.1) is 11.3 Å². The Hall–Kier alpha value is -1.86. The fraction of sp³-hybridized carbons (Fsp3) is 0.500. The summed E-state index contributed by atoms with van der Waals surface area (Å²) < 4.78 is 5.40. The lowest BCUT2D eigenvalue weighted by molar-refractivity contribution is -0.157. The topological polar surface area (TPSA) is 83.9 Å². The van der Waals surface area contributed by atoms with Gasteiger partial charge in [-0.2, -0.15) is 0 Å². The monoisotopic (exact) mass is 363 g/mol. The number of likely N-dealkylation sites (tertiary alicyclic amines) is 1. The van der Waals surface area contributed by atoms with Crippen LogP contribution in [0.4, 0.5) is 0 Å². The quantitative estimate of drug-likeness (QED) is 0.772. The molecule has 1 aromatic rings. The first-order chi connectivity index (χ1) is 12.0. The number of carboxylic acids is 1. The smallest absolute Gasteiger partial charge is 0.311 e. The number of ketones is 1. The van der Waals surface area contributed by atoms with Crippen LogP contribution < -0.4 is 0 Å². The molecule has 2 fully saturated rings. The molecule has 0 unspecified atom stereocenters. The van der Waals surface area contributed by atoms with Crippen molar-refractivity contribution in [2.24, 2.45) is 11.3 Å². The van der Waals surface area contributed by atoms with E-state index in [-0.39, 0.29) is 35.7 Å². The highest BCUT2D eigenvalue weighted by molar-refractivity contribution is 8.00. The lowest BCUT2D eigenvalue weighted by Crippen LogP contribution is -2.45. The van der Waals surface area contributed by atoms with E-state index in [1.807, 2.05) is 18.2 Å². The molecule has 134 valence electrons. The lowest BCUT2D eigenvalue weighted by Gasteiger charge is -2.33. The summed E-state index contributed by atoms with van der Waals surface area (Å²) in [5, 5.41) is 9.63. The second kappa shape index (κ2) is 7.58. The van der Waals surface area contributed by atoms with E-state index < -0.39 is 11.4 Å². The van der Waals surface area contributed by atoms with Crippen molar-refractivity contribution in [1.82, 2.24) is 4.90 Å². The second-order valence-corrected chi connectivity index (χ2v) is 7.52. The van der Waals surface area contributed by atoms with Gasteiger partial charge in [-0.25, -0.2) is 0 Å². The van der Waals surface area contributed by atoms with Crippen molar-refractivity contribution < 1.29 is 24.2 Å². The summed E-state index contributed by atoms with van der Waals surface area (Å²) in [5.41, 5.74) is -0.241. The van der Waals surface area contributed by atoms with Gasteiger partial charge in [-0.15, -0.1) is 11.8 Å². The van der Waals surface area contributed by atoms with Crippen LogP contribution in [0.15, 0.2) is 30.3 Å². The molecule has 2 atom stereocenters. The molecule has 0 aliphatic carbocycles. The van der Waals surface area contributed by atoms with Gasteiger partial charge in [0.25, 0.3) is 0 Å². The largest absolute Gasteiger partial charge is 0.481 e. The van der Waals surface area contributed by atoms with Gasteiger partial charge < -0.3 is 14.7 Å². The summed E-state index contributed by atoms with van der Waals surface area (Å²) in [7, 11) is 0. The number of hydrogen-bond donors (Lipinski definition) is 1. The predicted octanol–water partition coefficient (Wildman–Crippen LogP) is 1.55. The van der Waals surface area contributed by atoms with Gasteiger partial charge in [0.1, 0.15) is 0 Å². The number of carbonyl (C=O) groups is 3. The van der Waals surface area contributed by atoms with E-state index in [1.165, 1.54) is 11.8 Å². The summed E-state index contributed by atoms with van der Waals surface area (Å²) in [6.07, 6.45) is 0.441. The van der Waals surface area contributed by atoms with Crippen molar-refractivity contribution in [3.8, 4) is 0 Å². The normalized spacial score (nSPS) is 25.4. The second-order valence-electron chi connectivity index (χ2n) is 6.54. The van der Waals surface area contributed by atoms with Crippen molar-refractivity contribution in [3.63, 3.8) is 0 Å². The minimum absolute atomic E-state index is 0.0103. The molecule has 0 saturated carbocycles. The third kappa shape index (κ3) is 3.72. The van der Waals surface area contributed by atoms with E-state index in [4.69, 9.17) is 4.74 Å². The van der Waals surface area contributed by atoms with Crippen molar-refractivity contribution in [1.29, 1.82) is 0 Å². The summed E-state index contributed by atoms with van der Waals surface area (Å²) in [5.74, 6) is -0.700. The van der Waals surface area contributed by atoms with Gasteiger partial charge in [-0.3, -0.25) is 14.4 Å². The van der Waals surface area contributed by atoms with E-state index in [0.717, 1.165) is 0 Å². The Balaban J connectivity index is 1.52. The molecular weight excluding hydrogens is 342 g/mol. The molecule has 2 aliphatic heterocycles. The van der Waals surface area contributed by atoms with Crippen LogP contribution in [0.25, 0.3) is 0 Å². The molecule has 0 aromatic heterocycles. The first-order valence-corrected chi connectivity index (χ1v) is 9.43. The average Bonchev–Trinajstić information content (AvgIpc) is 3.03. The van der Waals surface area contributed by atoms with Crippen LogP contribution in [0.1, 0.15) is 16.8 Å². The number of aliphatic carboxylic acids is 1. The molecule has 25 heavy (non-hydrogen) atoms. The number of fused-ring (bicyclic) bond motifs is 1. The molecule has 7 heteroatoms. The number of amides is 1. The molecule has 1 N–H and O–H groups in total. The number of Topliss-reactive ketones (excluding diaryl/α,β-unsaturated/α-hetero) is 1. The maximum atomic E-state index is 12.4. The third-order valence-corrected chi connectivity index (χ3v) is 5.96. The average molecular weight is 363 g/mol.